The summed E-state index contributed by atoms with van der Waals surface area (Å²) in [6.07, 6.45) is 3.94. The summed E-state index contributed by atoms with van der Waals surface area (Å²) in [6, 6.07) is 9.09. The van der Waals surface area contributed by atoms with Crippen molar-refractivity contribution >= 4 is 35.0 Å². The van der Waals surface area contributed by atoms with Crippen molar-refractivity contribution in [3.05, 3.63) is 57.7 Å². The summed E-state index contributed by atoms with van der Waals surface area (Å²) >= 11 is 6.17. The van der Waals surface area contributed by atoms with Crippen LogP contribution in [0.4, 0.5) is 5.82 Å². The maximum absolute atomic E-state index is 13.3. The van der Waals surface area contributed by atoms with Gasteiger partial charge in [0.15, 0.2) is 5.78 Å². The zero-order chi connectivity index (χ0) is 27.4. The van der Waals surface area contributed by atoms with Gasteiger partial charge in [-0.05, 0) is 68.4 Å². The predicted molar refractivity (Wildman–Crippen MR) is 150 cm³/mol. The van der Waals surface area contributed by atoms with E-state index in [2.05, 4.69) is 41.2 Å². The Morgan fingerprint density at radius 1 is 1.13 bits per heavy atom. The van der Waals surface area contributed by atoms with Crippen molar-refractivity contribution in [1.82, 2.24) is 14.8 Å². The first-order valence-electron chi connectivity index (χ1n) is 13.8. The van der Waals surface area contributed by atoms with Crippen LogP contribution in [-0.4, -0.2) is 57.6 Å². The lowest BCUT2D eigenvalue weighted by atomic mass is 9.98. The van der Waals surface area contributed by atoms with E-state index in [1.165, 1.54) is 5.56 Å². The Labute approximate surface area is 230 Å². The number of nitrogens with one attached hydrogen (secondary N) is 1. The van der Waals surface area contributed by atoms with Gasteiger partial charge in [0, 0.05) is 54.8 Å². The molecule has 2 atom stereocenters. The first-order chi connectivity index (χ1) is 18.1. The molecule has 8 heteroatoms. The Balaban J connectivity index is 1.38. The van der Waals surface area contributed by atoms with Crippen LogP contribution in [0, 0.1) is 19.8 Å². The fourth-order valence-corrected chi connectivity index (χ4v) is 5.64. The summed E-state index contributed by atoms with van der Waals surface area (Å²) in [4.78, 5) is 47.6. The van der Waals surface area contributed by atoms with Crippen molar-refractivity contribution in [2.75, 3.05) is 18.4 Å². The number of nitrogens with zero attached hydrogens (tertiary/aromatic N) is 3. The van der Waals surface area contributed by atoms with E-state index in [1.54, 1.807) is 12.1 Å². The van der Waals surface area contributed by atoms with Gasteiger partial charge in [-0.3, -0.25) is 19.3 Å². The standard InChI is InChI=1S/C30H39ClN4O3/c1-5-19(2)14-27(36)23-16-21(4)32-28(17-23)33-30(38)26-8-9-29(37)35(26)24-10-12-34(13-11-24)18-22-6-7-25(31)20(3)15-22/h6-7,15-17,19,24,26H,5,8-14,18H2,1-4H3,(H,32,33,38)/t19?,26-/m1/s1. The number of benzene rings is 1. The molecular weight excluding hydrogens is 500 g/mol. The maximum atomic E-state index is 13.3. The lowest BCUT2D eigenvalue weighted by Crippen LogP contribution is -2.51. The van der Waals surface area contributed by atoms with E-state index < -0.39 is 6.04 Å². The van der Waals surface area contributed by atoms with Crippen LogP contribution in [0.15, 0.2) is 30.3 Å². The Hall–Kier alpha value is -2.77. The smallest absolute Gasteiger partial charge is 0.248 e. The Morgan fingerprint density at radius 3 is 2.55 bits per heavy atom. The van der Waals surface area contributed by atoms with Gasteiger partial charge in [-0.1, -0.05) is 44.0 Å². The Kier molecular flexibility index (Phi) is 9.21. The summed E-state index contributed by atoms with van der Waals surface area (Å²) in [7, 11) is 0. The first kappa shape index (κ1) is 28.2. The molecule has 2 amide bonds. The normalized spacial score (nSPS) is 19.6. The largest absolute Gasteiger partial charge is 0.328 e. The molecule has 1 unspecified atom stereocenters. The number of halogens is 1. The summed E-state index contributed by atoms with van der Waals surface area (Å²) in [6.45, 7) is 10.5. The molecular formula is C30H39ClN4O3. The highest BCUT2D eigenvalue weighted by atomic mass is 35.5. The average molecular weight is 539 g/mol. The number of anilines is 1. The Bertz CT molecular complexity index is 1190. The topological polar surface area (TPSA) is 82.6 Å². The highest BCUT2D eigenvalue weighted by molar-refractivity contribution is 6.31. The molecule has 4 rings (SSSR count). The number of Topliss-reactive ketones (excluding diaryl/α,β-unsaturated/α-hetero) is 1. The van der Waals surface area contributed by atoms with Crippen LogP contribution in [-0.2, 0) is 16.1 Å². The number of piperidine rings is 1. The average Bonchev–Trinajstić information content (AvgIpc) is 3.27. The van der Waals surface area contributed by atoms with E-state index in [1.807, 2.05) is 24.8 Å². The quantitative estimate of drug-likeness (QED) is 0.422. The van der Waals surface area contributed by atoms with Gasteiger partial charge in [0.25, 0.3) is 0 Å². The van der Waals surface area contributed by atoms with Crippen molar-refractivity contribution in [3.63, 3.8) is 0 Å². The third-order valence-electron chi connectivity index (χ3n) is 7.89. The van der Waals surface area contributed by atoms with Crippen LogP contribution < -0.4 is 5.32 Å². The van der Waals surface area contributed by atoms with Crippen molar-refractivity contribution in [2.45, 2.75) is 84.8 Å². The molecule has 0 bridgehead atoms. The summed E-state index contributed by atoms with van der Waals surface area (Å²) in [5, 5.41) is 3.69. The third-order valence-corrected chi connectivity index (χ3v) is 8.32. The fraction of sp³-hybridized carbons (Fsp3) is 0.533. The van der Waals surface area contributed by atoms with E-state index in [0.29, 0.717) is 42.3 Å². The summed E-state index contributed by atoms with van der Waals surface area (Å²) < 4.78 is 0. The number of ketones is 1. The maximum Gasteiger partial charge on any atom is 0.248 e. The summed E-state index contributed by atoms with van der Waals surface area (Å²) in [5.74, 6) is 0.536. The minimum absolute atomic E-state index is 0.0403. The van der Waals surface area contributed by atoms with Gasteiger partial charge in [0.2, 0.25) is 11.8 Å². The number of hydrogen-bond acceptors (Lipinski definition) is 5. The highest BCUT2D eigenvalue weighted by Crippen LogP contribution is 2.29. The van der Waals surface area contributed by atoms with Gasteiger partial charge in [0.1, 0.15) is 11.9 Å². The van der Waals surface area contributed by atoms with Crippen molar-refractivity contribution in [3.8, 4) is 0 Å². The second-order valence-electron chi connectivity index (χ2n) is 11.0. The van der Waals surface area contributed by atoms with E-state index in [0.717, 1.165) is 49.5 Å². The Morgan fingerprint density at radius 2 is 1.87 bits per heavy atom. The minimum atomic E-state index is -0.514. The van der Waals surface area contributed by atoms with Gasteiger partial charge >= 0.3 is 0 Å². The van der Waals surface area contributed by atoms with Crippen LogP contribution in [0.5, 0.6) is 0 Å². The molecule has 2 fully saturated rings. The number of pyridine rings is 1. The zero-order valence-corrected chi connectivity index (χ0v) is 23.7. The number of likely N-dealkylation sites (tertiary alicyclic amines) is 2. The van der Waals surface area contributed by atoms with Crippen LogP contribution >= 0.6 is 11.6 Å². The highest BCUT2D eigenvalue weighted by Gasteiger charge is 2.41. The van der Waals surface area contributed by atoms with E-state index in [-0.39, 0.29) is 23.6 Å². The molecule has 2 aliphatic rings. The van der Waals surface area contributed by atoms with E-state index >= 15 is 0 Å². The molecule has 3 heterocycles. The predicted octanol–water partition coefficient (Wildman–Crippen LogP) is 5.56. The summed E-state index contributed by atoms with van der Waals surface area (Å²) in [5.41, 5.74) is 3.55. The van der Waals surface area contributed by atoms with Crippen molar-refractivity contribution in [1.29, 1.82) is 0 Å². The number of hydrogen-bond donors (Lipinski definition) is 1. The molecule has 2 aromatic rings. The molecule has 204 valence electrons. The number of carbonyl (C=O) groups excluding carboxylic acids is 3. The lowest BCUT2D eigenvalue weighted by molar-refractivity contribution is -0.136. The third kappa shape index (κ3) is 6.80. The molecule has 1 aromatic carbocycles. The second kappa shape index (κ2) is 12.4. The van der Waals surface area contributed by atoms with Gasteiger partial charge in [0.05, 0.1) is 0 Å². The number of rotatable bonds is 9. The first-order valence-corrected chi connectivity index (χ1v) is 14.1. The van der Waals surface area contributed by atoms with E-state index in [9.17, 15) is 14.4 Å². The van der Waals surface area contributed by atoms with Crippen molar-refractivity contribution < 1.29 is 14.4 Å². The van der Waals surface area contributed by atoms with Crippen LogP contribution in [0.25, 0.3) is 0 Å². The number of amides is 2. The molecule has 0 spiro atoms. The SMILES string of the molecule is CCC(C)CC(=O)c1cc(C)nc(NC(=O)[C@H]2CCC(=O)N2C2CCN(Cc3ccc(Cl)c(C)c3)CC2)c1. The number of aromatic nitrogens is 1. The molecule has 38 heavy (non-hydrogen) atoms. The van der Waals surface area contributed by atoms with Gasteiger partial charge in [-0.2, -0.15) is 0 Å². The molecule has 0 radical (unpaired) electrons. The monoisotopic (exact) mass is 538 g/mol. The molecule has 2 aliphatic heterocycles. The molecule has 0 aliphatic carbocycles. The number of aryl methyl sites for hydroxylation is 2. The minimum Gasteiger partial charge on any atom is -0.328 e. The van der Waals surface area contributed by atoms with Crippen LogP contribution in [0.3, 0.4) is 0 Å². The van der Waals surface area contributed by atoms with Gasteiger partial charge in [-0.25, -0.2) is 4.98 Å². The van der Waals surface area contributed by atoms with Crippen molar-refractivity contribution in [2.24, 2.45) is 5.92 Å². The molecule has 7 nitrogen and oxygen atoms in total. The van der Waals surface area contributed by atoms with E-state index in [4.69, 9.17) is 11.6 Å². The molecule has 1 aromatic heterocycles. The molecule has 0 saturated carbocycles. The fourth-order valence-electron chi connectivity index (χ4n) is 5.52. The van der Waals surface area contributed by atoms with Crippen LogP contribution in [0.1, 0.15) is 79.6 Å². The second-order valence-corrected chi connectivity index (χ2v) is 11.4. The van der Waals surface area contributed by atoms with Gasteiger partial charge < -0.3 is 10.2 Å². The molecule has 2 saturated heterocycles. The lowest BCUT2D eigenvalue weighted by Gasteiger charge is -2.39. The van der Waals surface area contributed by atoms with Gasteiger partial charge in [-0.15, -0.1) is 0 Å². The number of carbonyl (C=O) groups is 3. The van der Waals surface area contributed by atoms with Crippen LogP contribution in [0.2, 0.25) is 5.02 Å². The molecule has 1 N–H and O–H groups in total. The zero-order valence-electron chi connectivity index (χ0n) is 22.9.